The Morgan fingerprint density at radius 2 is 1.91 bits per heavy atom. The van der Waals surface area contributed by atoms with Crippen LogP contribution in [0, 0.1) is 6.92 Å². The maximum Gasteiger partial charge on any atom is 0.278 e. The number of carbonyl (C=O) groups excluding carboxylic acids is 2. The summed E-state index contributed by atoms with van der Waals surface area (Å²) in [6.07, 6.45) is 3.12. The van der Waals surface area contributed by atoms with Gasteiger partial charge in [0.15, 0.2) is 5.65 Å². The molecule has 44 heavy (non-hydrogen) atoms. The van der Waals surface area contributed by atoms with Gasteiger partial charge >= 0.3 is 0 Å². The fourth-order valence-electron chi connectivity index (χ4n) is 6.08. The first-order valence-electron chi connectivity index (χ1n) is 14.6. The Bertz CT molecular complexity index is 1860. The van der Waals surface area contributed by atoms with Gasteiger partial charge in [-0.1, -0.05) is 6.08 Å². The fraction of sp³-hybridized carbons (Fsp3) is 0.344. The van der Waals surface area contributed by atoms with Gasteiger partial charge in [0.2, 0.25) is 5.95 Å². The highest BCUT2D eigenvalue weighted by Gasteiger charge is 2.29. The van der Waals surface area contributed by atoms with Gasteiger partial charge in [-0.2, -0.15) is 4.98 Å². The van der Waals surface area contributed by atoms with Crippen molar-refractivity contribution >= 4 is 40.2 Å². The highest BCUT2D eigenvalue weighted by Crippen LogP contribution is 2.28. The molecule has 4 aromatic rings. The van der Waals surface area contributed by atoms with E-state index in [2.05, 4.69) is 52.8 Å². The quantitative estimate of drug-likeness (QED) is 0.360. The second-order valence-electron chi connectivity index (χ2n) is 11.8. The van der Waals surface area contributed by atoms with E-state index in [1.165, 1.54) is 15.8 Å². The minimum Gasteiger partial charge on any atom is -0.368 e. The predicted octanol–water partition coefficient (Wildman–Crippen LogP) is 2.73. The zero-order valence-electron chi connectivity index (χ0n) is 25.7. The van der Waals surface area contributed by atoms with Crippen molar-refractivity contribution in [1.82, 2.24) is 34.0 Å². The van der Waals surface area contributed by atoms with E-state index < -0.39 is 0 Å². The Morgan fingerprint density at radius 3 is 2.64 bits per heavy atom. The van der Waals surface area contributed by atoms with Crippen molar-refractivity contribution < 1.29 is 9.59 Å². The number of benzene rings is 2. The molecule has 2 aromatic heterocycles. The molecular formula is C32H37N9O3. The first kappa shape index (κ1) is 29.1. The highest BCUT2D eigenvalue weighted by molar-refractivity contribution is 6.00. The molecule has 5 heterocycles. The third-order valence-electron chi connectivity index (χ3n) is 8.44. The van der Waals surface area contributed by atoms with E-state index in [9.17, 15) is 14.4 Å². The first-order chi connectivity index (χ1) is 21.0. The average Bonchev–Trinajstić information content (AvgIpc) is 3.27. The Hall–Kier alpha value is -4.97. The molecule has 1 atom stereocenters. The SMILES string of the molecule is C=CCn1c(=O)c2cnc3nc2n1-c1cc(C(=O)N(C)C)cc(c1)C(=O)N(C)CC1CN(CCN1C)c1ccc(cc1C)N3. The highest BCUT2D eigenvalue weighted by atomic mass is 16.2. The third kappa shape index (κ3) is 5.11. The summed E-state index contributed by atoms with van der Waals surface area (Å²) in [6.45, 7) is 9.07. The van der Waals surface area contributed by atoms with Crippen molar-refractivity contribution in [1.29, 1.82) is 0 Å². The van der Waals surface area contributed by atoms with E-state index in [0.717, 1.165) is 36.6 Å². The number of piperazine rings is 1. The normalized spacial score (nSPS) is 17.0. The van der Waals surface area contributed by atoms with E-state index >= 15 is 0 Å². The lowest BCUT2D eigenvalue weighted by atomic mass is 10.1. The zero-order valence-corrected chi connectivity index (χ0v) is 25.7. The van der Waals surface area contributed by atoms with Crippen LogP contribution in [0.15, 0.2) is 60.0 Å². The topological polar surface area (TPSA) is 112 Å². The molecule has 8 bridgehead atoms. The van der Waals surface area contributed by atoms with Gasteiger partial charge < -0.3 is 20.0 Å². The van der Waals surface area contributed by atoms with Crippen LogP contribution in [0.2, 0.25) is 0 Å². The van der Waals surface area contributed by atoms with Gasteiger partial charge in [0, 0.05) is 82.1 Å². The molecule has 3 aliphatic rings. The number of allylic oxidation sites excluding steroid dienone is 1. The maximum absolute atomic E-state index is 14.0. The van der Waals surface area contributed by atoms with E-state index in [-0.39, 0.29) is 30.0 Å². The third-order valence-corrected chi connectivity index (χ3v) is 8.44. The number of aromatic nitrogens is 4. The lowest BCUT2D eigenvalue weighted by molar-refractivity contribution is 0.0737. The summed E-state index contributed by atoms with van der Waals surface area (Å²) in [4.78, 5) is 57.9. The monoisotopic (exact) mass is 595 g/mol. The number of fused-ring (bicyclic) bond motifs is 4. The van der Waals surface area contributed by atoms with Crippen LogP contribution in [0.1, 0.15) is 26.3 Å². The van der Waals surface area contributed by atoms with Gasteiger partial charge in [-0.25, -0.2) is 14.3 Å². The van der Waals surface area contributed by atoms with Crippen LogP contribution in [-0.2, 0) is 6.54 Å². The summed E-state index contributed by atoms with van der Waals surface area (Å²) in [6, 6.07) is 11.3. The Balaban J connectivity index is 1.61. The number of nitrogens with zero attached hydrogens (tertiary/aromatic N) is 8. The van der Waals surface area contributed by atoms with Crippen LogP contribution in [-0.4, -0.2) is 106 Å². The second-order valence-corrected chi connectivity index (χ2v) is 11.8. The van der Waals surface area contributed by atoms with Crippen LogP contribution in [0.25, 0.3) is 16.7 Å². The van der Waals surface area contributed by atoms with Crippen LogP contribution < -0.4 is 15.8 Å². The lowest BCUT2D eigenvalue weighted by Crippen LogP contribution is -2.56. The van der Waals surface area contributed by atoms with E-state index in [1.54, 1.807) is 55.0 Å². The summed E-state index contributed by atoms with van der Waals surface area (Å²) < 4.78 is 3.12. The Morgan fingerprint density at radius 1 is 1.11 bits per heavy atom. The molecule has 1 N–H and O–H groups in total. The average molecular weight is 596 g/mol. The van der Waals surface area contributed by atoms with Crippen molar-refractivity contribution in [3.05, 3.63) is 82.3 Å². The summed E-state index contributed by atoms with van der Waals surface area (Å²) in [5, 5.41) is 3.60. The molecule has 1 saturated heterocycles. The molecule has 0 radical (unpaired) electrons. The molecule has 2 amide bonds. The van der Waals surface area contributed by atoms with Gasteiger partial charge in [-0.3, -0.25) is 19.3 Å². The van der Waals surface area contributed by atoms with Crippen LogP contribution in [0.4, 0.5) is 17.3 Å². The molecule has 0 saturated carbocycles. The van der Waals surface area contributed by atoms with Crippen molar-refractivity contribution in [2.24, 2.45) is 0 Å². The van der Waals surface area contributed by atoms with Crippen LogP contribution >= 0.6 is 0 Å². The second kappa shape index (κ2) is 11.3. The van der Waals surface area contributed by atoms with Gasteiger partial charge in [0.25, 0.3) is 17.4 Å². The Labute approximate surface area is 255 Å². The predicted molar refractivity (Wildman–Crippen MR) is 171 cm³/mol. The molecule has 1 unspecified atom stereocenters. The molecule has 3 aliphatic heterocycles. The molecule has 0 aliphatic carbocycles. The van der Waals surface area contributed by atoms with Crippen molar-refractivity contribution in [3.8, 4) is 5.69 Å². The number of hydrogen-bond donors (Lipinski definition) is 1. The first-order valence-corrected chi connectivity index (χ1v) is 14.6. The number of likely N-dealkylation sites (N-methyl/N-ethyl adjacent to an activating group) is 2. The number of anilines is 3. The van der Waals surface area contributed by atoms with Gasteiger partial charge in [0.1, 0.15) is 5.39 Å². The molecular weight excluding hydrogens is 558 g/mol. The molecule has 1 fully saturated rings. The van der Waals surface area contributed by atoms with Crippen LogP contribution in [0.5, 0.6) is 0 Å². The summed E-state index contributed by atoms with van der Waals surface area (Å²) in [7, 11) is 7.20. The largest absolute Gasteiger partial charge is 0.368 e. The molecule has 7 rings (SSSR count). The van der Waals surface area contributed by atoms with E-state index in [4.69, 9.17) is 4.98 Å². The van der Waals surface area contributed by atoms with Gasteiger partial charge in [0.05, 0.1) is 12.2 Å². The number of carbonyl (C=O) groups is 2. The molecule has 0 spiro atoms. The molecule has 12 nitrogen and oxygen atoms in total. The molecule has 12 heteroatoms. The summed E-state index contributed by atoms with van der Waals surface area (Å²) >= 11 is 0. The minimum atomic E-state index is -0.309. The summed E-state index contributed by atoms with van der Waals surface area (Å²) in [5.41, 5.74) is 4.20. The number of aryl methyl sites for hydroxylation is 1. The van der Waals surface area contributed by atoms with Crippen LogP contribution in [0.3, 0.4) is 0 Å². The lowest BCUT2D eigenvalue weighted by Gasteiger charge is -2.42. The maximum atomic E-state index is 14.0. The van der Waals surface area contributed by atoms with E-state index in [0.29, 0.717) is 40.3 Å². The number of amides is 2. The Kier molecular flexibility index (Phi) is 7.46. The smallest absolute Gasteiger partial charge is 0.278 e. The molecule has 228 valence electrons. The molecule has 2 aromatic carbocycles. The minimum absolute atomic E-state index is 0.0925. The standard InChI is InChI=1S/C32H37N9O3/c1-7-10-40-31(44)26-17-33-32-34-23-8-9-27(20(2)13-23)39-12-11-37(5)25(19-39)18-38(6)30(43)22-14-21(29(42)36(3)4)15-24(16-22)41(40)28(26)35-32/h7-9,13-17,25H,1,10-12,18-19H2,2-6H3,(H,33,34,35). The van der Waals surface area contributed by atoms with Crippen molar-refractivity contribution in [3.63, 3.8) is 0 Å². The number of hydrogen-bond acceptors (Lipinski definition) is 8. The fourth-order valence-corrected chi connectivity index (χ4v) is 6.08. The number of nitrogens with one attached hydrogen (secondary N) is 1. The van der Waals surface area contributed by atoms with Gasteiger partial charge in [-0.05, 0) is 55.9 Å². The summed E-state index contributed by atoms with van der Waals surface area (Å²) in [5.74, 6) is -0.179. The van der Waals surface area contributed by atoms with Crippen molar-refractivity contribution in [2.75, 3.05) is 64.6 Å². The van der Waals surface area contributed by atoms with Crippen molar-refractivity contribution in [2.45, 2.75) is 19.5 Å². The number of rotatable bonds is 3. The zero-order chi connectivity index (χ0) is 31.3. The van der Waals surface area contributed by atoms with E-state index in [1.807, 2.05) is 6.07 Å². The van der Waals surface area contributed by atoms with Gasteiger partial charge in [-0.15, -0.1) is 6.58 Å².